The number of hydrogen-bond acceptors (Lipinski definition) is 4. The Morgan fingerprint density at radius 1 is 1.44 bits per heavy atom. The fourth-order valence-corrected chi connectivity index (χ4v) is 2.99. The van der Waals surface area contributed by atoms with Crippen LogP contribution in [0, 0.1) is 5.41 Å². The summed E-state index contributed by atoms with van der Waals surface area (Å²) in [6.07, 6.45) is 2.91. The van der Waals surface area contributed by atoms with Gasteiger partial charge in [0.15, 0.2) is 0 Å². The van der Waals surface area contributed by atoms with Crippen LogP contribution in [0.2, 0.25) is 0 Å². The van der Waals surface area contributed by atoms with Crippen molar-refractivity contribution in [3.63, 3.8) is 0 Å². The van der Waals surface area contributed by atoms with Gasteiger partial charge in [0.1, 0.15) is 5.41 Å². The minimum Gasteiger partial charge on any atom is -0.481 e. The first-order chi connectivity index (χ1) is 8.53. The summed E-state index contributed by atoms with van der Waals surface area (Å²) in [4.78, 5) is 16.0. The van der Waals surface area contributed by atoms with Gasteiger partial charge in [-0.05, 0) is 46.4 Å². The van der Waals surface area contributed by atoms with Crippen LogP contribution in [0.5, 0.6) is 0 Å². The summed E-state index contributed by atoms with van der Waals surface area (Å²) in [5.41, 5.74) is -0.662. The minimum atomic E-state index is -0.699. The van der Waals surface area contributed by atoms with E-state index in [1.807, 2.05) is 0 Å². The Kier molecular flexibility index (Phi) is 4.25. The van der Waals surface area contributed by atoms with Gasteiger partial charge in [-0.2, -0.15) is 0 Å². The highest BCUT2D eigenvalue weighted by molar-refractivity contribution is 5.75. The van der Waals surface area contributed by atoms with Crippen LogP contribution in [-0.4, -0.2) is 73.9 Å². The summed E-state index contributed by atoms with van der Waals surface area (Å²) in [5.74, 6) is -0.699. The lowest BCUT2D eigenvalue weighted by Gasteiger charge is -2.38. The Hall–Kier alpha value is -0.650. The lowest BCUT2D eigenvalue weighted by atomic mass is 9.86. The zero-order chi connectivity index (χ0) is 13.2. The van der Waals surface area contributed by atoms with Crippen molar-refractivity contribution in [2.45, 2.75) is 25.3 Å². The van der Waals surface area contributed by atoms with E-state index in [0.29, 0.717) is 32.2 Å². The van der Waals surface area contributed by atoms with Gasteiger partial charge in [-0.25, -0.2) is 0 Å². The minimum absolute atomic E-state index is 0.371. The van der Waals surface area contributed by atoms with Crippen molar-refractivity contribution in [2.24, 2.45) is 5.41 Å². The quantitative estimate of drug-likeness (QED) is 0.794. The summed E-state index contributed by atoms with van der Waals surface area (Å²) in [5, 5.41) is 9.42. The first kappa shape index (κ1) is 13.8. The fraction of sp³-hybridized carbons (Fsp3) is 0.923. The normalized spacial score (nSPS) is 31.1. The van der Waals surface area contributed by atoms with Gasteiger partial charge < -0.3 is 19.6 Å². The molecular weight excluding hydrogens is 232 g/mol. The Morgan fingerprint density at radius 2 is 2.11 bits per heavy atom. The van der Waals surface area contributed by atoms with Crippen LogP contribution in [0.15, 0.2) is 0 Å². The van der Waals surface area contributed by atoms with Crippen molar-refractivity contribution < 1.29 is 14.6 Å². The fourth-order valence-electron chi connectivity index (χ4n) is 2.99. The number of piperidine rings is 1. The average molecular weight is 256 g/mol. The first-order valence-electron chi connectivity index (χ1n) is 6.73. The molecule has 2 rings (SSSR count). The molecular formula is C13H24N2O3. The molecule has 0 saturated carbocycles. The SMILES string of the molecule is CN(C)C1CCN(CC2(C(=O)O)CCOC2)CC1. The second-order valence-corrected chi connectivity index (χ2v) is 5.86. The standard InChI is InChI=1S/C13H24N2O3/c1-14(2)11-3-6-15(7-4-11)9-13(12(16)17)5-8-18-10-13/h11H,3-10H2,1-2H3,(H,16,17). The molecule has 0 aromatic rings. The highest BCUT2D eigenvalue weighted by atomic mass is 16.5. The van der Waals surface area contributed by atoms with Crippen molar-refractivity contribution in [2.75, 3.05) is 46.9 Å². The van der Waals surface area contributed by atoms with E-state index in [1.165, 1.54) is 0 Å². The van der Waals surface area contributed by atoms with Crippen LogP contribution in [0.1, 0.15) is 19.3 Å². The monoisotopic (exact) mass is 256 g/mol. The van der Waals surface area contributed by atoms with Crippen molar-refractivity contribution in [3.8, 4) is 0 Å². The molecule has 0 aromatic heterocycles. The number of aliphatic carboxylic acids is 1. The number of rotatable bonds is 4. The Labute approximate surface area is 109 Å². The molecule has 1 atom stereocenters. The van der Waals surface area contributed by atoms with Crippen LogP contribution >= 0.6 is 0 Å². The predicted octanol–water partition coefficient (Wildman–Crippen LogP) is 0.504. The molecule has 0 spiro atoms. The number of hydrogen-bond donors (Lipinski definition) is 1. The molecule has 2 saturated heterocycles. The van der Waals surface area contributed by atoms with Crippen molar-refractivity contribution >= 4 is 5.97 Å². The molecule has 18 heavy (non-hydrogen) atoms. The molecule has 0 amide bonds. The van der Waals surface area contributed by atoms with E-state index in [-0.39, 0.29) is 0 Å². The summed E-state index contributed by atoms with van der Waals surface area (Å²) in [6.45, 7) is 3.59. The van der Waals surface area contributed by atoms with Gasteiger partial charge in [0, 0.05) is 19.2 Å². The van der Waals surface area contributed by atoms with E-state index >= 15 is 0 Å². The number of carboxylic acids is 1. The molecule has 1 unspecified atom stereocenters. The van der Waals surface area contributed by atoms with Crippen molar-refractivity contribution in [3.05, 3.63) is 0 Å². The molecule has 0 bridgehead atoms. The third-order valence-corrected chi connectivity index (χ3v) is 4.37. The second-order valence-electron chi connectivity index (χ2n) is 5.86. The van der Waals surface area contributed by atoms with E-state index < -0.39 is 11.4 Å². The topological polar surface area (TPSA) is 53.0 Å². The maximum atomic E-state index is 11.5. The van der Waals surface area contributed by atoms with Crippen LogP contribution in [0.25, 0.3) is 0 Å². The van der Waals surface area contributed by atoms with Crippen LogP contribution < -0.4 is 0 Å². The molecule has 1 N–H and O–H groups in total. The predicted molar refractivity (Wildman–Crippen MR) is 68.7 cm³/mol. The maximum absolute atomic E-state index is 11.5. The molecule has 0 aromatic carbocycles. The number of carboxylic acid groups (broad SMARTS) is 1. The summed E-state index contributed by atoms with van der Waals surface area (Å²) in [7, 11) is 4.23. The summed E-state index contributed by atoms with van der Waals surface area (Å²) < 4.78 is 5.31. The smallest absolute Gasteiger partial charge is 0.313 e. The van der Waals surface area contributed by atoms with E-state index in [2.05, 4.69) is 23.9 Å². The van der Waals surface area contributed by atoms with Crippen molar-refractivity contribution in [1.82, 2.24) is 9.80 Å². The van der Waals surface area contributed by atoms with E-state index in [0.717, 1.165) is 25.9 Å². The number of nitrogens with zero attached hydrogens (tertiary/aromatic N) is 2. The van der Waals surface area contributed by atoms with Crippen molar-refractivity contribution in [1.29, 1.82) is 0 Å². The van der Waals surface area contributed by atoms with E-state index in [9.17, 15) is 9.90 Å². The Balaban J connectivity index is 1.88. The molecule has 2 heterocycles. The Bertz CT molecular complexity index is 293. The van der Waals surface area contributed by atoms with Crippen LogP contribution in [0.3, 0.4) is 0 Å². The lowest BCUT2D eigenvalue weighted by Crippen LogP contribution is -2.49. The van der Waals surface area contributed by atoms with Gasteiger partial charge in [-0.1, -0.05) is 0 Å². The number of ether oxygens (including phenoxy) is 1. The van der Waals surface area contributed by atoms with Gasteiger partial charge in [0.25, 0.3) is 0 Å². The summed E-state index contributed by atoms with van der Waals surface area (Å²) >= 11 is 0. The first-order valence-corrected chi connectivity index (χ1v) is 6.73. The number of likely N-dealkylation sites (tertiary alicyclic amines) is 1. The molecule has 2 aliphatic rings. The second kappa shape index (κ2) is 5.55. The highest BCUT2D eigenvalue weighted by Gasteiger charge is 2.44. The van der Waals surface area contributed by atoms with Gasteiger partial charge in [-0.3, -0.25) is 4.79 Å². The van der Waals surface area contributed by atoms with Gasteiger partial charge in [0.05, 0.1) is 6.61 Å². The molecule has 2 fully saturated rings. The zero-order valence-electron chi connectivity index (χ0n) is 11.4. The number of carbonyl (C=O) groups is 1. The van der Waals surface area contributed by atoms with E-state index in [1.54, 1.807) is 0 Å². The molecule has 5 heteroatoms. The third kappa shape index (κ3) is 2.84. The van der Waals surface area contributed by atoms with Gasteiger partial charge >= 0.3 is 5.97 Å². The van der Waals surface area contributed by atoms with Crippen LogP contribution in [0.4, 0.5) is 0 Å². The Morgan fingerprint density at radius 3 is 2.56 bits per heavy atom. The maximum Gasteiger partial charge on any atom is 0.313 e. The zero-order valence-corrected chi connectivity index (χ0v) is 11.4. The lowest BCUT2D eigenvalue weighted by molar-refractivity contribution is -0.150. The molecule has 0 aliphatic carbocycles. The third-order valence-electron chi connectivity index (χ3n) is 4.37. The summed E-state index contributed by atoms with van der Waals surface area (Å²) in [6, 6.07) is 0.641. The molecule has 0 radical (unpaired) electrons. The molecule has 2 aliphatic heterocycles. The largest absolute Gasteiger partial charge is 0.481 e. The van der Waals surface area contributed by atoms with E-state index in [4.69, 9.17) is 4.74 Å². The highest BCUT2D eigenvalue weighted by Crippen LogP contribution is 2.31. The molecule has 5 nitrogen and oxygen atoms in total. The van der Waals surface area contributed by atoms with Crippen LogP contribution in [-0.2, 0) is 9.53 Å². The molecule has 104 valence electrons. The average Bonchev–Trinajstić information content (AvgIpc) is 2.79. The van der Waals surface area contributed by atoms with Gasteiger partial charge in [-0.15, -0.1) is 0 Å². The van der Waals surface area contributed by atoms with Gasteiger partial charge in [0.2, 0.25) is 0 Å².